The maximum absolute atomic E-state index is 10.7. The molecule has 1 N–H and O–H groups in total. The lowest BCUT2D eigenvalue weighted by Crippen LogP contribution is -2.53. The molecule has 0 spiro atoms. The van der Waals surface area contributed by atoms with Crippen LogP contribution in [0.5, 0.6) is 5.75 Å². The van der Waals surface area contributed by atoms with Crippen molar-refractivity contribution in [1.29, 1.82) is 0 Å². The van der Waals surface area contributed by atoms with E-state index in [1.807, 2.05) is 55.5 Å². The number of aryl methyl sites for hydroxylation is 1. The Morgan fingerprint density at radius 2 is 1.77 bits per heavy atom. The molecule has 0 bridgehead atoms. The fraction of sp³-hybridized carbons (Fsp3) is 0.323. The second-order valence-electron chi connectivity index (χ2n) is 10.4. The number of aromatic nitrogens is 3. The smallest absolute Gasteiger partial charge is 0.257 e. The molecule has 0 amide bonds. The number of aliphatic hydroxyl groups is 1. The van der Waals surface area contributed by atoms with E-state index in [-0.39, 0.29) is 12.6 Å². The Morgan fingerprint density at radius 3 is 2.58 bits per heavy atom. The molecule has 206 valence electrons. The first-order chi connectivity index (χ1) is 19.5. The van der Waals surface area contributed by atoms with Gasteiger partial charge in [-0.1, -0.05) is 47.6 Å². The Balaban J connectivity index is 0.977. The van der Waals surface area contributed by atoms with Crippen LogP contribution in [0, 0.1) is 6.92 Å². The number of aliphatic hydroxyl groups excluding tert-OH is 1. The molecule has 6 rings (SSSR count). The van der Waals surface area contributed by atoms with Crippen molar-refractivity contribution in [2.24, 2.45) is 0 Å². The third kappa shape index (κ3) is 6.23. The van der Waals surface area contributed by atoms with Crippen LogP contribution in [0.1, 0.15) is 17.8 Å². The molecular formula is C31H33N5O3S. The van der Waals surface area contributed by atoms with Gasteiger partial charge in [0.1, 0.15) is 18.5 Å². The summed E-state index contributed by atoms with van der Waals surface area (Å²) in [6, 6.07) is 24.7. The Morgan fingerprint density at radius 1 is 1.00 bits per heavy atom. The van der Waals surface area contributed by atoms with Crippen molar-refractivity contribution in [3.8, 4) is 28.3 Å². The van der Waals surface area contributed by atoms with Crippen molar-refractivity contribution in [2.45, 2.75) is 32.5 Å². The van der Waals surface area contributed by atoms with Gasteiger partial charge in [-0.05, 0) is 49.2 Å². The van der Waals surface area contributed by atoms with Crippen molar-refractivity contribution in [2.75, 3.05) is 32.8 Å². The van der Waals surface area contributed by atoms with E-state index in [1.165, 1.54) is 5.56 Å². The lowest BCUT2D eigenvalue weighted by Gasteiger charge is -2.40. The Hall–Kier alpha value is -3.63. The number of fused-ring (bicyclic) bond motifs is 1. The highest BCUT2D eigenvalue weighted by atomic mass is 32.1. The number of β-amino-alcohol motifs (C(OH)–C–C–N with tert-alkyl or cyclic N) is 1. The van der Waals surface area contributed by atoms with Gasteiger partial charge in [0.25, 0.3) is 5.89 Å². The molecule has 9 heteroatoms. The summed E-state index contributed by atoms with van der Waals surface area (Å²) in [6.07, 6.45) is -0.574. The van der Waals surface area contributed by atoms with Crippen LogP contribution < -0.4 is 4.74 Å². The van der Waals surface area contributed by atoms with E-state index in [0.717, 1.165) is 51.7 Å². The van der Waals surface area contributed by atoms with Crippen LogP contribution in [-0.4, -0.2) is 75.0 Å². The molecule has 40 heavy (non-hydrogen) atoms. The lowest BCUT2D eigenvalue weighted by atomic mass is 10.0. The maximum Gasteiger partial charge on any atom is 0.257 e. The molecule has 1 fully saturated rings. The molecule has 0 saturated carbocycles. The molecule has 0 radical (unpaired) electrons. The Bertz CT molecular complexity index is 1550. The van der Waals surface area contributed by atoms with Gasteiger partial charge in [-0.15, -0.1) is 11.3 Å². The van der Waals surface area contributed by atoms with Crippen molar-refractivity contribution in [3.63, 3.8) is 0 Å². The number of rotatable bonds is 9. The first-order valence-corrected chi connectivity index (χ1v) is 14.4. The summed E-state index contributed by atoms with van der Waals surface area (Å²) < 4.78 is 12.6. The highest BCUT2D eigenvalue weighted by Crippen LogP contribution is 2.26. The summed E-state index contributed by atoms with van der Waals surface area (Å²) in [5, 5.41) is 15.9. The van der Waals surface area contributed by atoms with Crippen LogP contribution in [0.3, 0.4) is 0 Å². The summed E-state index contributed by atoms with van der Waals surface area (Å²) >= 11 is 1.67. The molecule has 3 aromatic carbocycles. The summed E-state index contributed by atoms with van der Waals surface area (Å²) in [7, 11) is 0. The molecule has 1 saturated heterocycles. The van der Waals surface area contributed by atoms with Crippen LogP contribution in [0.2, 0.25) is 0 Å². The van der Waals surface area contributed by atoms with Crippen LogP contribution in [-0.2, 0) is 6.54 Å². The van der Waals surface area contributed by atoms with Crippen molar-refractivity contribution in [3.05, 3.63) is 83.6 Å². The van der Waals surface area contributed by atoms with E-state index < -0.39 is 6.10 Å². The van der Waals surface area contributed by atoms with E-state index in [1.54, 1.807) is 11.3 Å². The fourth-order valence-corrected chi connectivity index (χ4v) is 5.99. The molecule has 3 heterocycles. The molecular weight excluding hydrogens is 522 g/mol. The first kappa shape index (κ1) is 26.6. The Kier molecular flexibility index (Phi) is 7.88. The van der Waals surface area contributed by atoms with E-state index in [0.29, 0.717) is 24.8 Å². The number of thiazole rings is 1. The molecule has 1 aliphatic rings. The van der Waals surface area contributed by atoms with Crippen molar-refractivity contribution >= 4 is 21.6 Å². The maximum atomic E-state index is 10.7. The van der Waals surface area contributed by atoms with Gasteiger partial charge in [-0.2, -0.15) is 4.98 Å². The predicted octanol–water partition coefficient (Wildman–Crippen LogP) is 5.27. The summed E-state index contributed by atoms with van der Waals surface area (Å²) in [4.78, 5) is 13.8. The van der Waals surface area contributed by atoms with Crippen LogP contribution in [0.4, 0.5) is 0 Å². The second kappa shape index (κ2) is 11.9. The molecule has 2 atom stereocenters. The van der Waals surface area contributed by atoms with Crippen LogP contribution >= 0.6 is 11.3 Å². The Labute approximate surface area is 237 Å². The van der Waals surface area contributed by atoms with Crippen LogP contribution in [0.25, 0.3) is 32.8 Å². The van der Waals surface area contributed by atoms with Gasteiger partial charge in [0.05, 0.1) is 21.8 Å². The number of hydrogen-bond acceptors (Lipinski definition) is 9. The average molecular weight is 556 g/mol. The third-order valence-electron chi connectivity index (χ3n) is 7.27. The van der Waals surface area contributed by atoms with Gasteiger partial charge in [0.15, 0.2) is 5.82 Å². The number of hydrogen-bond donors (Lipinski definition) is 1. The standard InChI is InChI=1S/C31H33N5O3S/c1-21-17-35(14-15-36(21)18-26(37)20-38-27-12-13-29-28(16-27)32-22(2)40-29)19-30-33-31(39-34-30)25-10-8-24(9-11-25)23-6-4-3-5-7-23/h3-13,16,21,26,37H,14-15,17-20H2,1-2H3/t21-,26-/m0/s1. The van der Waals surface area contributed by atoms with Crippen molar-refractivity contribution in [1.82, 2.24) is 24.9 Å². The summed E-state index contributed by atoms with van der Waals surface area (Å²) in [5.41, 5.74) is 4.18. The van der Waals surface area contributed by atoms with E-state index in [2.05, 4.69) is 56.1 Å². The minimum atomic E-state index is -0.574. The monoisotopic (exact) mass is 555 g/mol. The lowest BCUT2D eigenvalue weighted by molar-refractivity contribution is 0.0189. The topological polar surface area (TPSA) is 87.8 Å². The van der Waals surface area contributed by atoms with Crippen molar-refractivity contribution < 1.29 is 14.4 Å². The zero-order valence-corrected chi connectivity index (χ0v) is 23.6. The number of ether oxygens (including phenoxy) is 1. The van der Waals surface area contributed by atoms with E-state index >= 15 is 0 Å². The van der Waals surface area contributed by atoms with Gasteiger partial charge in [-0.25, -0.2) is 4.98 Å². The highest BCUT2D eigenvalue weighted by Gasteiger charge is 2.26. The van der Waals surface area contributed by atoms with Crippen LogP contribution in [0.15, 0.2) is 77.3 Å². The molecule has 1 aliphatic heterocycles. The number of nitrogens with zero attached hydrogens (tertiary/aromatic N) is 5. The predicted molar refractivity (Wildman–Crippen MR) is 157 cm³/mol. The highest BCUT2D eigenvalue weighted by molar-refractivity contribution is 7.18. The SMILES string of the molecule is Cc1nc2cc(OC[C@@H](O)CN3CCN(Cc4noc(-c5ccc(-c6ccccc6)cc5)n4)C[C@@H]3C)ccc2s1. The largest absolute Gasteiger partial charge is 0.491 e. The van der Waals surface area contributed by atoms with E-state index in [4.69, 9.17) is 9.26 Å². The summed E-state index contributed by atoms with van der Waals surface area (Å²) in [6.45, 7) is 8.23. The molecule has 0 aliphatic carbocycles. The number of piperazine rings is 1. The molecule has 0 unspecified atom stereocenters. The molecule has 5 aromatic rings. The fourth-order valence-electron chi connectivity index (χ4n) is 5.18. The normalized spacial score (nSPS) is 17.3. The van der Waals surface area contributed by atoms with Gasteiger partial charge in [0.2, 0.25) is 0 Å². The number of benzene rings is 3. The zero-order valence-electron chi connectivity index (χ0n) is 22.7. The quantitative estimate of drug-likeness (QED) is 0.263. The second-order valence-corrected chi connectivity index (χ2v) is 11.6. The molecule has 2 aromatic heterocycles. The molecule has 8 nitrogen and oxygen atoms in total. The first-order valence-electron chi connectivity index (χ1n) is 13.6. The van der Waals surface area contributed by atoms with Gasteiger partial charge >= 0.3 is 0 Å². The van der Waals surface area contributed by atoms with Gasteiger partial charge in [0, 0.05) is 43.9 Å². The van der Waals surface area contributed by atoms with E-state index in [9.17, 15) is 5.11 Å². The van der Waals surface area contributed by atoms with Gasteiger partial charge in [-0.3, -0.25) is 9.80 Å². The summed E-state index contributed by atoms with van der Waals surface area (Å²) in [5.74, 6) is 1.96. The minimum absolute atomic E-state index is 0.250. The average Bonchev–Trinajstić information content (AvgIpc) is 3.59. The third-order valence-corrected chi connectivity index (χ3v) is 8.23. The van der Waals surface area contributed by atoms with Gasteiger partial charge < -0.3 is 14.4 Å². The minimum Gasteiger partial charge on any atom is -0.491 e. The zero-order chi connectivity index (χ0) is 27.5.